The quantitative estimate of drug-likeness (QED) is 0.421. The fourth-order valence-corrected chi connectivity index (χ4v) is 1.26. The molecule has 0 aromatic heterocycles. The first-order chi connectivity index (χ1) is 5.66. The smallest absolute Gasteiger partial charge is 0.211 e. The number of hydrogen-bond acceptors (Lipinski definition) is 3. The Morgan fingerprint density at radius 1 is 1.58 bits per heavy atom. The number of isocyanates is 1. The number of carbonyl (C=O) groups excluding carboxylic acids is 1. The van der Waals surface area contributed by atoms with Crippen LogP contribution in [-0.4, -0.2) is 6.08 Å². The number of nitrogens with zero attached hydrogens (tertiary/aromatic N) is 1. The summed E-state index contributed by atoms with van der Waals surface area (Å²) in [6, 6.07) is 3.45. The highest BCUT2D eigenvalue weighted by Gasteiger charge is 2.04. The first kappa shape index (κ1) is 9.33. The van der Waals surface area contributed by atoms with Crippen molar-refractivity contribution in [1.82, 2.24) is 0 Å². The van der Waals surface area contributed by atoms with Crippen molar-refractivity contribution in [1.29, 1.82) is 0 Å². The minimum Gasteiger partial charge on any atom is -0.211 e. The van der Waals surface area contributed by atoms with Crippen LogP contribution < -0.4 is 0 Å². The Hall–Kier alpha value is -0.760. The molecule has 0 radical (unpaired) electrons. The first-order valence-electron chi connectivity index (χ1n) is 3.22. The van der Waals surface area contributed by atoms with Crippen molar-refractivity contribution in [3.63, 3.8) is 0 Å². The summed E-state index contributed by atoms with van der Waals surface area (Å²) in [5.41, 5.74) is 1.36. The highest BCUT2D eigenvalue weighted by molar-refractivity contribution is 7.80. The molecule has 0 aliphatic carbocycles. The van der Waals surface area contributed by atoms with E-state index in [1.807, 2.05) is 6.92 Å². The van der Waals surface area contributed by atoms with Crippen molar-refractivity contribution in [2.75, 3.05) is 0 Å². The van der Waals surface area contributed by atoms with Gasteiger partial charge in [-0.15, -0.1) is 12.6 Å². The summed E-state index contributed by atoms with van der Waals surface area (Å²) in [7, 11) is 0. The van der Waals surface area contributed by atoms with Gasteiger partial charge in [0.2, 0.25) is 6.08 Å². The van der Waals surface area contributed by atoms with Gasteiger partial charge in [0.25, 0.3) is 0 Å². The number of aliphatic imine (C=N–C) groups is 1. The second kappa shape index (κ2) is 3.76. The van der Waals surface area contributed by atoms with E-state index in [0.29, 0.717) is 15.6 Å². The molecule has 0 amide bonds. The van der Waals surface area contributed by atoms with Gasteiger partial charge < -0.3 is 0 Å². The minimum atomic E-state index is 0.448. The molecular weight excluding hydrogens is 194 g/mol. The molecule has 12 heavy (non-hydrogen) atoms. The van der Waals surface area contributed by atoms with Crippen LogP contribution in [0.1, 0.15) is 5.56 Å². The van der Waals surface area contributed by atoms with Gasteiger partial charge in [0.15, 0.2) is 0 Å². The number of rotatable bonds is 1. The summed E-state index contributed by atoms with van der Waals surface area (Å²) >= 11 is 9.96. The van der Waals surface area contributed by atoms with Crippen molar-refractivity contribution < 1.29 is 4.79 Å². The van der Waals surface area contributed by atoms with E-state index in [1.54, 1.807) is 12.1 Å². The van der Waals surface area contributed by atoms with Gasteiger partial charge >= 0.3 is 0 Å². The third kappa shape index (κ3) is 1.69. The molecule has 0 saturated heterocycles. The maximum Gasteiger partial charge on any atom is 0.240 e. The lowest BCUT2D eigenvalue weighted by molar-refractivity contribution is 0.565. The fraction of sp³-hybridized carbons (Fsp3) is 0.125. The number of halogens is 1. The summed E-state index contributed by atoms with van der Waals surface area (Å²) in [6.07, 6.45) is 1.44. The Bertz CT molecular complexity index is 358. The molecule has 0 fully saturated rings. The molecule has 0 bridgehead atoms. The van der Waals surface area contributed by atoms with Gasteiger partial charge in [-0.1, -0.05) is 17.7 Å². The molecule has 0 aliphatic heterocycles. The van der Waals surface area contributed by atoms with Crippen LogP contribution >= 0.6 is 24.2 Å². The van der Waals surface area contributed by atoms with E-state index in [9.17, 15) is 4.79 Å². The first-order valence-corrected chi connectivity index (χ1v) is 4.05. The van der Waals surface area contributed by atoms with E-state index in [1.165, 1.54) is 6.08 Å². The highest BCUT2D eigenvalue weighted by Crippen LogP contribution is 2.32. The third-order valence-electron chi connectivity index (χ3n) is 1.45. The molecule has 0 spiro atoms. The Morgan fingerprint density at radius 3 is 2.83 bits per heavy atom. The van der Waals surface area contributed by atoms with Crippen LogP contribution in [0.2, 0.25) is 5.02 Å². The largest absolute Gasteiger partial charge is 0.240 e. The average Bonchev–Trinajstić information content (AvgIpc) is 2.07. The minimum absolute atomic E-state index is 0.448. The van der Waals surface area contributed by atoms with E-state index in [0.717, 1.165) is 5.56 Å². The lowest BCUT2D eigenvalue weighted by atomic mass is 10.2. The van der Waals surface area contributed by atoms with Gasteiger partial charge in [0, 0.05) is 4.90 Å². The second-order valence-corrected chi connectivity index (χ2v) is 3.09. The monoisotopic (exact) mass is 199 g/mol. The molecule has 4 heteroatoms. The van der Waals surface area contributed by atoms with E-state index >= 15 is 0 Å². The van der Waals surface area contributed by atoms with Crippen LogP contribution in [0.3, 0.4) is 0 Å². The fourth-order valence-electron chi connectivity index (χ4n) is 0.795. The molecule has 1 aromatic carbocycles. The molecule has 1 rings (SSSR count). The summed E-state index contributed by atoms with van der Waals surface area (Å²) in [5.74, 6) is 0. The predicted molar refractivity (Wildman–Crippen MR) is 51.2 cm³/mol. The number of benzene rings is 1. The molecule has 1 aromatic rings. The van der Waals surface area contributed by atoms with Gasteiger partial charge in [-0.05, 0) is 18.6 Å². The third-order valence-corrected chi connectivity index (χ3v) is 2.53. The summed E-state index contributed by atoms with van der Waals surface area (Å²) in [4.78, 5) is 13.9. The van der Waals surface area contributed by atoms with Crippen LogP contribution in [0.15, 0.2) is 22.0 Å². The SMILES string of the molecule is Cc1ccc(N=C=O)c(S)c1Cl. The molecule has 62 valence electrons. The average molecular weight is 200 g/mol. The summed E-state index contributed by atoms with van der Waals surface area (Å²) < 4.78 is 0. The van der Waals surface area contributed by atoms with Gasteiger partial charge in [-0.2, -0.15) is 4.99 Å². The van der Waals surface area contributed by atoms with Crippen molar-refractivity contribution >= 4 is 36.0 Å². The number of thiol groups is 1. The van der Waals surface area contributed by atoms with Crippen LogP contribution in [0.5, 0.6) is 0 Å². The van der Waals surface area contributed by atoms with Crippen LogP contribution in [0.25, 0.3) is 0 Å². The Kier molecular flexibility index (Phi) is 2.93. The lowest BCUT2D eigenvalue weighted by Gasteiger charge is -2.02. The van der Waals surface area contributed by atoms with E-state index in [2.05, 4.69) is 17.6 Å². The number of aryl methyl sites for hydroxylation is 1. The maximum absolute atomic E-state index is 9.95. The van der Waals surface area contributed by atoms with Crippen molar-refractivity contribution in [3.8, 4) is 0 Å². The summed E-state index contributed by atoms with van der Waals surface area (Å²) in [6.45, 7) is 1.86. The molecule has 0 unspecified atom stereocenters. The van der Waals surface area contributed by atoms with Crippen LogP contribution in [-0.2, 0) is 4.79 Å². The zero-order valence-corrected chi connectivity index (χ0v) is 7.99. The predicted octanol–water partition coefficient (Wildman–Crippen LogP) is 2.90. The van der Waals surface area contributed by atoms with E-state index in [4.69, 9.17) is 11.6 Å². The van der Waals surface area contributed by atoms with Gasteiger partial charge in [0.05, 0.1) is 10.7 Å². The van der Waals surface area contributed by atoms with Crippen molar-refractivity contribution in [3.05, 3.63) is 22.7 Å². The highest BCUT2D eigenvalue weighted by atomic mass is 35.5. The van der Waals surface area contributed by atoms with Crippen molar-refractivity contribution in [2.45, 2.75) is 11.8 Å². The molecule has 2 nitrogen and oxygen atoms in total. The van der Waals surface area contributed by atoms with Gasteiger partial charge in [-0.3, -0.25) is 0 Å². The second-order valence-electron chi connectivity index (χ2n) is 2.27. The number of hydrogen-bond donors (Lipinski definition) is 1. The van der Waals surface area contributed by atoms with Crippen LogP contribution in [0.4, 0.5) is 5.69 Å². The van der Waals surface area contributed by atoms with Gasteiger partial charge in [-0.25, -0.2) is 4.79 Å². The van der Waals surface area contributed by atoms with Crippen molar-refractivity contribution in [2.24, 2.45) is 4.99 Å². The lowest BCUT2D eigenvalue weighted by Crippen LogP contribution is -1.77. The van der Waals surface area contributed by atoms with Gasteiger partial charge in [0.1, 0.15) is 0 Å². The zero-order chi connectivity index (χ0) is 9.14. The Balaban J connectivity index is 3.35. The molecule has 0 saturated carbocycles. The van der Waals surface area contributed by atoms with Crippen LogP contribution in [0, 0.1) is 6.92 Å². The topological polar surface area (TPSA) is 29.4 Å². The normalized spacial score (nSPS) is 9.25. The standard InChI is InChI=1S/C8H6ClNOS/c1-5-2-3-6(10-4-11)8(12)7(5)9/h2-3,12H,1H3. The summed E-state index contributed by atoms with van der Waals surface area (Å²) in [5, 5.41) is 0.523. The molecule has 0 heterocycles. The zero-order valence-electron chi connectivity index (χ0n) is 6.34. The Labute approximate surface area is 80.7 Å². The Morgan fingerprint density at radius 2 is 2.25 bits per heavy atom. The van der Waals surface area contributed by atoms with E-state index < -0.39 is 0 Å². The maximum atomic E-state index is 9.95. The molecule has 0 N–H and O–H groups in total. The molecule has 0 atom stereocenters. The van der Waals surface area contributed by atoms with E-state index in [-0.39, 0.29) is 0 Å². The molecular formula is C8H6ClNOS. The molecule has 0 aliphatic rings.